The van der Waals surface area contributed by atoms with Crippen LogP contribution in [0, 0.1) is 11.8 Å². The fourth-order valence-electron chi connectivity index (χ4n) is 5.15. The van der Waals surface area contributed by atoms with Crippen molar-refractivity contribution >= 4 is 51.2 Å². The highest BCUT2D eigenvalue weighted by molar-refractivity contribution is 8.01. The molecule has 3 aliphatic heterocycles. The number of aromatic nitrogens is 1. The molecule has 4 heterocycles. The van der Waals surface area contributed by atoms with Crippen LogP contribution in [0.2, 0.25) is 0 Å². The maximum Gasteiger partial charge on any atom is 0.325 e. The third kappa shape index (κ3) is 4.42. The van der Waals surface area contributed by atoms with Crippen LogP contribution in [-0.2, 0) is 4.79 Å². The molecule has 1 aromatic heterocycles. The Morgan fingerprint density at radius 2 is 1.94 bits per heavy atom. The zero-order valence-corrected chi connectivity index (χ0v) is 20.9. The Balaban J connectivity index is 1.30. The molecule has 2 saturated heterocycles. The number of amides is 3. The van der Waals surface area contributed by atoms with Crippen LogP contribution in [0.4, 0.5) is 4.79 Å². The molecule has 0 aliphatic carbocycles. The first-order valence-corrected chi connectivity index (χ1v) is 13.4. The Kier molecular flexibility index (Phi) is 6.22. The zero-order chi connectivity index (χ0) is 23.1. The Bertz CT molecular complexity index is 1040. The van der Waals surface area contributed by atoms with Gasteiger partial charge < -0.3 is 14.7 Å². The summed E-state index contributed by atoms with van der Waals surface area (Å²) in [5.41, 5.74) is 1.04. The summed E-state index contributed by atoms with van der Waals surface area (Å²) in [6, 6.07) is 7.35. The van der Waals surface area contributed by atoms with Crippen molar-refractivity contribution in [3.8, 4) is 0 Å². The molecule has 2 aromatic rings. The van der Waals surface area contributed by atoms with E-state index in [0.717, 1.165) is 41.1 Å². The van der Waals surface area contributed by atoms with E-state index in [9.17, 15) is 9.59 Å². The van der Waals surface area contributed by atoms with E-state index in [2.05, 4.69) is 35.0 Å². The first-order valence-electron chi connectivity index (χ1n) is 11.6. The average Bonchev–Trinajstić information content (AvgIpc) is 3.36. The maximum absolute atomic E-state index is 12.8. The molecule has 2 fully saturated rings. The summed E-state index contributed by atoms with van der Waals surface area (Å²) < 4.78 is 2.28. The van der Waals surface area contributed by atoms with Gasteiger partial charge in [0.25, 0.3) is 5.91 Å². The van der Waals surface area contributed by atoms with E-state index in [1.54, 1.807) is 35.0 Å². The first kappa shape index (κ1) is 22.5. The van der Waals surface area contributed by atoms with Crippen LogP contribution in [0.3, 0.4) is 0 Å². The number of likely N-dealkylation sites (tertiary alicyclic amines) is 1. The number of hydrogen-bond donors (Lipinski definition) is 1. The molecular weight excluding hydrogens is 456 g/mol. The van der Waals surface area contributed by atoms with E-state index in [-0.39, 0.29) is 11.9 Å². The number of thiazole rings is 1. The number of urea groups is 1. The Morgan fingerprint density at radius 3 is 2.70 bits per heavy atom. The molecule has 5 rings (SSSR count). The summed E-state index contributed by atoms with van der Waals surface area (Å²) in [6.07, 6.45) is 1.63. The van der Waals surface area contributed by atoms with Crippen molar-refractivity contribution < 1.29 is 9.59 Å². The molecule has 0 bridgehead atoms. The van der Waals surface area contributed by atoms with Crippen molar-refractivity contribution in [2.24, 2.45) is 16.8 Å². The quantitative estimate of drug-likeness (QED) is 0.516. The summed E-state index contributed by atoms with van der Waals surface area (Å²) in [6.45, 7) is 7.11. The summed E-state index contributed by atoms with van der Waals surface area (Å²) in [5, 5.41) is 2.50. The predicted octanol–water partition coefficient (Wildman–Crippen LogP) is 3.30. The molecular formula is C23H30N6O2S2. The molecule has 176 valence electrons. The second-order valence-electron chi connectivity index (χ2n) is 9.39. The number of thioether (sulfide) groups is 1. The number of guanidine groups is 1. The molecule has 0 saturated carbocycles. The molecule has 4 unspecified atom stereocenters. The number of nitrogens with one attached hydrogen (secondary N) is 1. The van der Waals surface area contributed by atoms with Crippen LogP contribution in [-0.4, -0.2) is 82.2 Å². The van der Waals surface area contributed by atoms with Crippen LogP contribution in [0.5, 0.6) is 0 Å². The molecule has 0 radical (unpaired) electrons. The topological polar surface area (TPSA) is 81.1 Å². The lowest BCUT2D eigenvalue weighted by atomic mass is 9.92. The number of aliphatic imine (C=N–C) groups is 1. The monoisotopic (exact) mass is 486 g/mol. The van der Waals surface area contributed by atoms with Gasteiger partial charge in [-0.2, -0.15) is 0 Å². The normalized spacial score (nSPS) is 27.7. The van der Waals surface area contributed by atoms with E-state index in [0.29, 0.717) is 18.4 Å². The van der Waals surface area contributed by atoms with Gasteiger partial charge in [0.15, 0.2) is 22.5 Å². The fraction of sp³-hybridized carbons (Fsp3) is 0.565. The highest BCUT2D eigenvalue weighted by atomic mass is 32.2. The van der Waals surface area contributed by atoms with Crippen LogP contribution in [0.15, 0.2) is 33.6 Å². The standard InChI is InChI=1S/C23H30N6O2S2/c1-14-11-15(2)13-28(12-14)21-25-19-18(20(30)26-22(31)27(19)3)29(21)9-6-10-32-23-24-16-7-4-5-8-17(16)33-23/h4-5,7-8,14-15,18-19H,6,9-13H2,1-3H3,(H,26,30,31). The van der Waals surface area contributed by atoms with Gasteiger partial charge in [0.1, 0.15) is 0 Å². The van der Waals surface area contributed by atoms with E-state index >= 15 is 0 Å². The number of carbonyl (C=O) groups is 2. The van der Waals surface area contributed by atoms with E-state index in [4.69, 9.17) is 9.98 Å². The van der Waals surface area contributed by atoms with Crippen molar-refractivity contribution in [2.75, 3.05) is 32.4 Å². The fourth-order valence-corrected chi connectivity index (χ4v) is 7.21. The van der Waals surface area contributed by atoms with Crippen molar-refractivity contribution in [1.82, 2.24) is 25.0 Å². The number of benzene rings is 1. The van der Waals surface area contributed by atoms with Crippen molar-refractivity contribution in [3.05, 3.63) is 24.3 Å². The van der Waals surface area contributed by atoms with Gasteiger partial charge in [-0.1, -0.05) is 37.7 Å². The number of para-hydroxylation sites is 1. The molecule has 10 heteroatoms. The predicted molar refractivity (Wildman–Crippen MR) is 132 cm³/mol. The lowest BCUT2D eigenvalue weighted by Gasteiger charge is -2.41. The second kappa shape index (κ2) is 9.13. The van der Waals surface area contributed by atoms with Crippen LogP contribution in [0.25, 0.3) is 10.2 Å². The zero-order valence-electron chi connectivity index (χ0n) is 19.2. The van der Waals surface area contributed by atoms with Crippen LogP contribution >= 0.6 is 23.1 Å². The number of carbonyl (C=O) groups excluding carboxylic acids is 2. The maximum atomic E-state index is 12.8. The lowest BCUT2D eigenvalue weighted by molar-refractivity contribution is -0.127. The van der Waals surface area contributed by atoms with Gasteiger partial charge in [0.05, 0.1) is 10.2 Å². The molecule has 8 nitrogen and oxygen atoms in total. The number of likely N-dealkylation sites (N-methyl/N-ethyl adjacent to an activating group) is 1. The minimum atomic E-state index is -0.470. The molecule has 1 aromatic carbocycles. The van der Waals surface area contributed by atoms with Gasteiger partial charge in [0, 0.05) is 32.4 Å². The Hall–Kier alpha value is -2.33. The number of piperidine rings is 1. The van der Waals surface area contributed by atoms with E-state index in [1.807, 2.05) is 18.2 Å². The number of hydrogen-bond acceptors (Lipinski definition) is 8. The first-order chi connectivity index (χ1) is 15.9. The van der Waals surface area contributed by atoms with Crippen molar-refractivity contribution in [2.45, 2.75) is 43.2 Å². The van der Waals surface area contributed by atoms with Crippen molar-refractivity contribution in [3.63, 3.8) is 0 Å². The lowest BCUT2D eigenvalue weighted by Crippen LogP contribution is -2.64. The third-order valence-corrected chi connectivity index (χ3v) is 8.80. The summed E-state index contributed by atoms with van der Waals surface area (Å²) in [7, 11) is 1.72. The third-order valence-electron chi connectivity index (χ3n) is 6.53. The second-order valence-corrected chi connectivity index (χ2v) is 11.8. The molecule has 1 N–H and O–H groups in total. The molecule has 3 amide bonds. The Morgan fingerprint density at radius 1 is 1.18 bits per heavy atom. The van der Waals surface area contributed by atoms with Gasteiger partial charge in [0.2, 0.25) is 0 Å². The highest BCUT2D eigenvalue weighted by Gasteiger charge is 2.49. The van der Waals surface area contributed by atoms with Gasteiger partial charge in [-0.3, -0.25) is 10.1 Å². The van der Waals surface area contributed by atoms with Gasteiger partial charge in [-0.25, -0.2) is 14.8 Å². The van der Waals surface area contributed by atoms with Gasteiger partial charge in [-0.05, 0) is 36.8 Å². The molecule has 3 aliphatic rings. The molecule has 33 heavy (non-hydrogen) atoms. The highest BCUT2D eigenvalue weighted by Crippen LogP contribution is 2.32. The summed E-state index contributed by atoms with van der Waals surface area (Å²) in [5.74, 6) is 2.67. The van der Waals surface area contributed by atoms with E-state index < -0.39 is 12.2 Å². The minimum Gasteiger partial charge on any atom is -0.342 e. The minimum absolute atomic E-state index is 0.251. The Labute approximate surface area is 202 Å². The number of rotatable bonds is 5. The van der Waals surface area contributed by atoms with Crippen LogP contribution in [0.1, 0.15) is 26.7 Å². The smallest absolute Gasteiger partial charge is 0.325 e. The number of nitrogens with zero attached hydrogens (tertiary/aromatic N) is 5. The molecule has 0 spiro atoms. The molecule has 4 atom stereocenters. The average molecular weight is 487 g/mol. The van der Waals surface area contributed by atoms with Gasteiger partial charge >= 0.3 is 6.03 Å². The van der Waals surface area contributed by atoms with Crippen LogP contribution < -0.4 is 5.32 Å². The van der Waals surface area contributed by atoms with E-state index in [1.165, 1.54) is 11.1 Å². The largest absolute Gasteiger partial charge is 0.342 e. The number of fused-ring (bicyclic) bond motifs is 2. The number of imide groups is 1. The van der Waals surface area contributed by atoms with Gasteiger partial charge in [-0.15, -0.1) is 11.3 Å². The SMILES string of the molecule is CC1CC(C)CN(C2=NC3C(C(=O)NC(=O)N3C)N2CCCSc2nc3ccccc3s2)C1. The summed E-state index contributed by atoms with van der Waals surface area (Å²) >= 11 is 3.48. The van der Waals surface area contributed by atoms with Crippen molar-refractivity contribution in [1.29, 1.82) is 0 Å². The summed E-state index contributed by atoms with van der Waals surface area (Å²) in [4.78, 5) is 40.7.